The molecule has 0 fully saturated rings. The standard InChI is InChI=1S/C18H20O4/c1-14(16-6-4-3-5-7-16)22-18(19)21-13-12-15-8-10-17(20-2)11-9-15/h3-11,14H,12-13H2,1-2H3/t14-/m0/s1. The second kappa shape index (κ2) is 8.08. The summed E-state index contributed by atoms with van der Waals surface area (Å²) in [4.78, 5) is 11.7. The van der Waals surface area contributed by atoms with Crippen molar-refractivity contribution in [3.8, 4) is 5.75 Å². The van der Waals surface area contributed by atoms with Crippen LogP contribution in [0.25, 0.3) is 0 Å². The molecule has 1 atom stereocenters. The van der Waals surface area contributed by atoms with Crippen molar-refractivity contribution in [3.05, 3.63) is 65.7 Å². The lowest BCUT2D eigenvalue weighted by atomic mass is 10.1. The third kappa shape index (κ3) is 4.81. The van der Waals surface area contributed by atoms with Crippen LogP contribution in [0.1, 0.15) is 24.2 Å². The number of rotatable bonds is 6. The molecule has 0 radical (unpaired) electrons. The summed E-state index contributed by atoms with van der Waals surface area (Å²) < 4.78 is 15.4. The molecule has 0 saturated heterocycles. The lowest BCUT2D eigenvalue weighted by Crippen LogP contribution is -2.12. The third-order valence-corrected chi connectivity index (χ3v) is 3.31. The van der Waals surface area contributed by atoms with E-state index >= 15 is 0 Å². The molecule has 0 heterocycles. The van der Waals surface area contributed by atoms with Crippen molar-refractivity contribution >= 4 is 6.16 Å². The monoisotopic (exact) mass is 300 g/mol. The minimum atomic E-state index is -0.648. The molecule has 4 heteroatoms. The lowest BCUT2D eigenvalue weighted by Gasteiger charge is -2.13. The van der Waals surface area contributed by atoms with E-state index in [0.717, 1.165) is 16.9 Å². The molecule has 2 rings (SSSR count). The fourth-order valence-corrected chi connectivity index (χ4v) is 2.01. The van der Waals surface area contributed by atoms with Crippen LogP contribution in [-0.2, 0) is 15.9 Å². The molecule has 0 bridgehead atoms. The third-order valence-electron chi connectivity index (χ3n) is 3.31. The first-order valence-corrected chi connectivity index (χ1v) is 7.20. The van der Waals surface area contributed by atoms with Crippen molar-refractivity contribution in [1.29, 1.82) is 0 Å². The van der Waals surface area contributed by atoms with E-state index in [2.05, 4.69) is 0 Å². The molecule has 0 amide bonds. The molecule has 22 heavy (non-hydrogen) atoms. The van der Waals surface area contributed by atoms with Crippen LogP contribution in [0.2, 0.25) is 0 Å². The summed E-state index contributed by atoms with van der Waals surface area (Å²) >= 11 is 0. The predicted octanol–water partition coefficient (Wildman–Crippen LogP) is 4.15. The van der Waals surface area contributed by atoms with Crippen LogP contribution >= 0.6 is 0 Å². The van der Waals surface area contributed by atoms with E-state index in [1.807, 2.05) is 61.5 Å². The first-order chi connectivity index (χ1) is 10.7. The van der Waals surface area contributed by atoms with E-state index < -0.39 is 6.16 Å². The van der Waals surface area contributed by atoms with Gasteiger partial charge in [-0.15, -0.1) is 0 Å². The molecule has 0 saturated carbocycles. The van der Waals surface area contributed by atoms with Gasteiger partial charge in [0.25, 0.3) is 0 Å². The van der Waals surface area contributed by atoms with Crippen molar-refractivity contribution in [3.63, 3.8) is 0 Å². The van der Waals surface area contributed by atoms with Gasteiger partial charge in [-0.05, 0) is 30.2 Å². The highest BCUT2D eigenvalue weighted by molar-refractivity contribution is 5.60. The van der Waals surface area contributed by atoms with Gasteiger partial charge in [-0.1, -0.05) is 42.5 Å². The molecule has 116 valence electrons. The first-order valence-electron chi connectivity index (χ1n) is 7.20. The first kappa shape index (κ1) is 15.9. The Morgan fingerprint density at radius 2 is 1.73 bits per heavy atom. The molecule has 2 aromatic carbocycles. The van der Waals surface area contributed by atoms with E-state index in [0.29, 0.717) is 6.42 Å². The highest BCUT2D eigenvalue weighted by Crippen LogP contribution is 2.17. The van der Waals surface area contributed by atoms with Gasteiger partial charge in [0.15, 0.2) is 0 Å². The van der Waals surface area contributed by atoms with Gasteiger partial charge in [0.05, 0.1) is 13.7 Å². The minimum absolute atomic E-state index is 0.284. The number of hydrogen-bond acceptors (Lipinski definition) is 4. The van der Waals surface area contributed by atoms with Crippen LogP contribution in [0.3, 0.4) is 0 Å². The van der Waals surface area contributed by atoms with Gasteiger partial charge >= 0.3 is 6.16 Å². The molecule has 2 aromatic rings. The fraction of sp³-hybridized carbons (Fsp3) is 0.278. The molecular weight excluding hydrogens is 280 g/mol. The molecule has 0 aliphatic carbocycles. The normalized spacial score (nSPS) is 11.5. The summed E-state index contributed by atoms with van der Waals surface area (Å²) in [5.74, 6) is 0.806. The number of carbonyl (C=O) groups is 1. The van der Waals surface area contributed by atoms with Crippen molar-refractivity contribution in [2.45, 2.75) is 19.4 Å². The van der Waals surface area contributed by atoms with Crippen LogP contribution in [0.5, 0.6) is 5.75 Å². The Balaban J connectivity index is 1.73. The van der Waals surface area contributed by atoms with Crippen molar-refractivity contribution in [1.82, 2.24) is 0 Å². The summed E-state index contributed by atoms with van der Waals surface area (Å²) in [6.07, 6.45) is -0.335. The van der Waals surface area contributed by atoms with Crippen LogP contribution in [0.15, 0.2) is 54.6 Å². The largest absolute Gasteiger partial charge is 0.508 e. The molecule has 0 aromatic heterocycles. The van der Waals surface area contributed by atoms with E-state index in [1.54, 1.807) is 7.11 Å². The van der Waals surface area contributed by atoms with Gasteiger partial charge in [-0.2, -0.15) is 0 Å². The van der Waals surface area contributed by atoms with Crippen molar-refractivity contribution in [2.75, 3.05) is 13.7 Å². The van der Waals surface area contributed by atoms with Crippen LogP contribution in [0, 0.1) is 0 Å². The summed E-state index contributed by atoms with van der Waals surface area (Å²) in [6, 6.07) is 17.2. The molecule has 0 unspecified atom stereocenters. The lowest BCUT2D eigenvalue weighted by molar-refractivity contribution is 0.0292. The SMILES string of the molecule is COc1ccc(CCOC(=O)O[C@@H](C)c2ccccc2)cc1. The molecule has 0 spiro atoms. The molecule has 4 nitrogen and oxygen atoms in total. The number of hydrogen-bond donors (Lipinski definition) is 0. The Bertz CT molecular complexity index is 578. The van der Waals surface area contributed by atoms with Crippen molar-refractivity contribution in [2.24, 2.45) is 0 Å². The summed E-state index contributed by atoms with van der Waals surface area (Å²) in [5, 5.41) is 0. The molecule has 0 aliphatic rings. The van der Waals surface area contributed by atoms with E-state index in [9.17, 15) is 4.79 Å². The quantitative estimate of drug-likeness (QED) is 0.752. The average molecular weight is 300 g/mol. The molecule has 0 N–H and O–H groups in total. The maximum Gasteiger partial charge on any atom is 0.508 e. The van der Waals surface area contributed by atoms with E-state index in [-0.39, 0.29) is 12.7 Å². The topological polar surface area (TPSA) is 44.8 Å². The maximum atomic E-state index is 11.7. The van der Waals surface area contributed by atoms with Crippen molar-refractivity contribution < 1.29 is 19.0 Å². The number of carbonyl (C=O) groups excluding carboxylic acids is 1. The second-order valence-corrected chi connectivity index (χ2v) is 4.87. The maximum absolute atomic E-state index is 11.7. The molecular formula is C18H20O4. The highest BCUT2D eigenvalue weighted by Gasteiger charge is 2.12. The zero-order valence-corrected chi connectivity index (χ0v) is 12.8. The van der Waals surface area contributed by atoms with Crippen LogP contribution < -0.4 is 4.74 Å². The minimum Gasteiger partial charge on any atom is -0.497 e. The van der Waals surface area contributed by atoms with Gasteiger partial charge in [0, 0.05) is 6.42 Å². The molecule has 0 aliphatic heterocycles. The Hall–Kier alpha value is -2.49. The zero-order valence-electron chi connectivity index (χ0n) is 12.8. The number of benzene rings is 2. The number of ether oxygens (including phenoxy) is 3. The van der Waals surface area contributed by atoms with E-state index in [1.165, 1.54) is 0 Å². The van der Waals surface area contributed by atoms with Gasteiger partial charge in [-0.3, -0.25) is 0 Å². The summed E-state index contributed by atoms with van der Waals surface area (Å²) in [5.41, 5.74) is 2.01. The average Bonchev–Trinajstić information content (AvgIpc) is 2.56. The highest BCUT2D eigenvalue weighted by atomic mass is 16.7. The van der Waals surface area contributed by atoms with Gasteiger partial charge in [0.1, 0.15) is 11.9 Å². The smallest absolute Gasteiger partial charge is 0.497 e. The van der Waals surface area contributed by atoms with Gasteiger partial charge in [-0.25, -0.2) is 4.79 Å². The van der Waals surface area contributed by atoms with E-state index in [4.69, 9.17) is 14.2 Å². The number of methoxy groups -OCH3 is 1. The summed E-state index contributed by atoms with van der Waals surface area (Å²) in [6.45, 7) is 2.10. The Labute approximate surface area is 130 Å². The van der Waals surface area contributed by atoms with Gasteiger partial charge < -0.3 is 14.2 Å². The van der Waals surface area contributed by atoms with Crippen LogP contribution in [-0.4, -0.2) is 19.9 Å². The van der Waals surface area contributed by atoms with Gasteiger partial charge in [0.2, 0.25) is 0 Å². The predicted molar refractivity (Wildman–Crippen MR) is 84.0 cm³/mol. The Morgan fingerprint density at radius 3 is 2.36 bits per heavy atom. The Morgan fingerprint density at radius 1 is 1.05 bits per heavy atom. The zero-order chi connectivity index (χ0) is 15.8. The summed E-state index contributed by atoms with van der Waals surface area (Å²) in [7, 11) is 1.63. The Kier molecular flexibility index (Phi) is 5.83. The second-order valence-electron chi connectivity index (χ2n) is 4.87. The fourth-order valence-electron chi connectivity index (χ4n) is 2.01. The van der Waals surface area contributed by atoms with Crippen LogP contribution in [0.4, 0.5) is 4.79 Å².